The Morgan fingerprint density at radius 1 is 1.18 bits per heavy atom. The van der Waals surface area contributed by atoms with Crippen molar-refractivity contribution in [2.75, 3.05) is 0 Å². The van der Waals surface area contributed by atoms with Gasteiger partial charge in [0.2, 0.25) is 0 Å². The number of allylic oxidation sites excluding steroid dienone is 1. The maximum atomic E-state index is 5.63. The third-order valence-corrected chi connectivity index (χ3v) is 5.29. The molecule has 0 atom stereocenters. The largest absolute Gasteiger partial charge is 0.633 e. The van der Waals surface area contributed by atoms with Crippen molar-refractivity contribution < 1.29 is 9.31 Å². The molecule has 0 aromatic heterocycles. The molecule has 0 N–H and O–H groups in total. The summed E-state index contributed by atoms with van der Waals surface area (Å²) < 4.78 is 11.3. The zero-order valence-corrected chi connectivity index (χ0v) is 11.8. The van der Waals surface area contributed by atoms with Crippen LogP contribution in [-0.4, -0.2) is 15.2 Å². The minimum absolute atomic E-state index is 0.335. The van der Waals surface area contributed by atoms with Crippen molar-refractivity contribution in [2.45, 2.75) is 26.6 Å². The van der Waals surface area contributed by atoms with Gasteiger partial charge in [-0.05, 0) is 24.3 Å². The van der Waals surface area contributed by atoms with E-state index in [1.807, 2.05) is 30.2 Å². The monoisotopic (exact) mass is 244 g/mol. The van der Waals surface area contributed by atoms with Crippen LogP contribution >= 0.6 is 0 Å². The Kier molecular flexibility index (Phi) is 3.18. The number of hydrogen-bond donors (Lipinski definition) is 0. The average molecular weight is 244 g/mol. The second-order valence-corrected chi connectivity index (χ2v) is 10.5. The normalized spacial score (nSPS) is 13.3. The van der Waals surface area contributed by atoms with E-state index in [1.54, 1.807) is 0 Å². The van der Waals surface area contributed by atoms with Crippen LogP contribution in [0.15, 0.2) is 41.2 Å². The molecule has 1 aromatic carbocycles. The summed E-state index contributed by atoms with van der Waals surface area (Å²) in [5, 5.41) is 1.32. The van der Waals surface area contributed by atoms with Gasteiger partial charge >= 0.3 is 7.12 Å². The van der Waals surface area contributed by atoms with Crippen molar-refractivity contribution in [3.8, 4) is 11.5 Å². The molecule has 1 aliphatic heterocycles. The smallest absolute Gasteiger partial charge is 0.519 e. The molecule has 88 valence electrons. The quantitative estimate of drug-likeness (QED) is 0.585. The number of fused-ring (bicyclic) bond motifs is 1. The van der Waals surface area contributed by atoms with Gasteiger partial charge in [0.05, 0.1) is 8.07 Å². The van der Waals surface area contributed by atoms with E-state index in [9.17, 15) is 0 Å². The van der Waals surface area contributed by atoms with Crippen molar-refractivity contribution >= 4 is 15.2 Å². The lowest BCUT2D eigenvalue weighted by Crippen LogP contribution is -2.23. The van der Waals surface area contributed by atoms with Crippen LogP contribution in [0, 0.1) is 0 Å². The summed E-state index contributed by atoms with van der Waals surface area (Å²) in [6.45, 7) is 9.03. The summed E-state index contributed by atoms with van der Waals surface area (Å²) in [5.41, 5.74) is 3.30. The van der Waals surface area contributed by atoms with Crippen LogP contribution in [0.1, 0.15) is 6.92 Å². The van der Waals surface area contributed by atoms with Crippen LogP contribution in [0.5, 0.6) is 11.5 Å². The third kappa shape index (κ3) is 2.84. The predicted octanol–water partition coefficient (Wildman–Crippen LogP) is 3.46. The Labute approximate surface area is 104 Å². The van der Waals surface area contributed by atoms with Gasteiger partial charge in [-0.3, -0.25) is 0 Å². The van der Waals surface area contributed by atoms with Crippen LogP contribution in [0.2, 0.25) is 19.6 Å². The summed E-state index contributed by atoms with van der Waals surface area (Å²) >= 11 is 0. The Hall–Kier alpha value is -1.38. The molecule has 0 spiro atoms. The Morgan fingerprint density at radius 3 is 2.18 bits per heavy atom. The van der Waals surface area contributed by atoms with Crippen LogP contribution in [0.4, 0.5) is 0 Å². The van der Waals surface area contributed by atoms with Gasteiger partial charge in [-0.15, -0.1) is 5.73 Å². The van der Waals surface area contributed by atoms with E-state index >= 15 is 0 Å². The molecule has 0 radical (unpaired) electrons. The van der Waals surface area contributed by atoms with E-state index in [2.05, 4.69) is 32.3 Å². The molecule has 1 aromatic rings. The summed E-state index contributed by atoms with van der Waals surface area (Å²) in [7, 11) is -1.58. The SMILES string of the molecule is CC(=C=CB1Oc2ccccc2O1)[Si](C)(C)C. The van der Waals surface area contributed by atoms with Crippen LogP contribution < -0.4 is 9.31 Å². The maximum absolute atomic E-state index is 5.63. The minimum atomic E-state index is -1.25. The molecule has 0 bridgehead atoms. The van der Waals surface area contributed by atoms with Crippen molar-refractivity contribution in [3.63, 3.8) is 0 Å². The van der Waals surface area contributed by atoms with Gasteiger partial charge in [-0.1, -0.05) is 31.8 Å². The lowest BCUT2D eigenvalue weighted by atomic mass is 9.91. The maximum Gasteiger partial charge on any atom is 0.633 e. The molecule has 0 unspecified atom stereocenters. The standard InChI is InChI=1S/C13H17BO2Si/c1-11(17(2,3)4)9-10-14-15-12-7-5-6-8-13(12)16-14/h5-8,10H,1-4H3. The van der Waals surface area contributed by atoms with Gasteiger partial charge in [-0.2, -0.15) is 0 Å². The first-order valence-corrected chi connectivity index (χ1v) is 9.33. The summed E-state index contributed by atoms with van der Waals surface area (Å²) in [4.78, 5) is 0. The highest BCUT2D eigenvalue weighted by molar-refractivity contribution is 6.82. The van der Waals surface area contributed by atoms with Crippen LogP contribution in [-0.2, 0) is 0 Å². The van der Waals surface area contributed by atoms with Crippen LogP contribution in [0.3, 0.4) is 0 Å². The van der Waals surface area contributed by atoms with Crippen molar-refractivity contribution in [2.24, 2.45) is 0 Å². The molecule has 2 nitrogen and oxygen atoms in total. The van der Waals surface area contributed by atoms with Crippen molar-refractivity contribution in [1.82, 2.24) is 0 Å². The molecule has 1 aliphatic rings. The zero-order chi connectivity index (χ0) is 12.5. The molecule has 0 saturated heterocycles. The number of hydrogen-bond acceptors (Lipinski definition) is 2. The second-order valence-electron chi connectivity index (χ2n) is 5.24. The number of benzene rings is 1. The van der Waals surface area contributed by atoms with E-state index in [0.717, 1.165) is 11.5 Å². The van der Waals surface area contributed by atoms with E-state index in [1.165, 1.54) is 5.20 Å². The first-order chi connectivity index (χ1) is 7.97. The highest BCUT2D eigenvalue weighted by atomic mass is 28.3. The second kappa shape index (κ2) is 4.48. The fraction of sp³-hybridized carbons (Fsp3) is 0.308. The Morgan fingerprint density at radius 2 is 1.71 bits per heavy atom. The fourth-order valence-electron chi connectivity index (χ4n) is 1.40. The van der Waals surface area contributed by atoms with Gasteiger partial charge in [0, 0.05) is 5.98 Å². The Bertz CT molecular complexity index is 459. The fourth-order valence-corrected chi connectivity index (χ4v) is 1.91. The van der Waals surface area contributed by atoms with E-state index in [-0.39, 0.29) is 7.12 Å². The summed E-state index contributed by atoms with van der Waals surface area (Å²) in [5.74, 6) is 3.48. The summed E-state index contributed by atoms with van der Waals surface area (Å²) in [6.07, 6.45) is 0. The molecule has 0 saturated carbocycles. The zero-order valence-electron chi connectivity index (χ0n) is 10.8. The van der Waals surface area contributed by atoms with Crippen molar-refractivity contribution in [1.29, 1.82) is 0 Å². The van der Waals surface area contributed by atoms with Crippen molar-refractivity contribution in [3.05, 3.63) is 41.2 Å². The molecule has 0 fully saturated rings. The van der Waals surface area contributed by atoms with E-state index < -0.39 is 8.07 Å². The molecule has 2 rings (SSSR count). The van der Waals surface area contributed by atoms with Gasteiger partial charge in [0.25, 0.3) is 0 Å². The lowest BCUT2D eigenvalue weighted by molar-refractivity contribution is 0.517. The molecule has 1 heterocycles. The minimum Gasteiger partial charge on any atom is -0.519 e. The van der Waals surface area contributed by atoms with Gasteiger partial charge in [-0.25, -0.2) is 0 Å². The first-order valence-electron chi connectivity index (χ1n) is 5.83. The Balaban J connectivity index is 2.13. The molecule has 0 amide bonds. The molecule has 17 heavy (non-hydrogen) atoms. The molecular formula is C13H17BO2Si. The average Bonchev–Trinajstić information content (AvgIpc) is 2.66. The predicted molar refractivity (Wildman–Crippen MR) is 74.1 cm³/mol. The first kappa shape index (κ1) is 12.1. The highest BCUT2D eigenvalue weighted by Crippen LogP contribution is 2.32. The lowest BCUT2D eigenvalue weighted by Gasteiger charge is -2.13. The topological polar surface area (TPSA) is 18.5 Å². The van der Waals surface area contributed by atoms with E-state index in [4.69, 9.17) is 9.31 Å². The van der Waals surface area contributed by atoms with Gasteiger partial charge in [0.15, 0.2) is 0 Å². The van der Waals surface area contributed by atoms with E-state index in [0.29, 0.717) is 0 Å². The highest BCUT2D eigenvalue weighted by Gasteiger charge is 2.29. The number of para-hydroxylation sites is 2. The summed E-state index contributed by atoms with van der Waals surface area (Å²) in [6, 6.07) is 7.71. The number of rotatable bonds is 2. The van der Waals surface area contributed by atoms with Crippen LogP contribution in [0.25, 0.3) is 0 Å². The third-order valence-electron chi connectivity index (χ3n) is 2.90. The molecule has 0 aliphatic carbocycles. The molecular weight excluding hydrogens is 227 g/mol. The van der Waals surface area contributed by atoms with Gasteiger partial charge < -0.3 is 9.31 Å². The molecule has 4 heteroatoms. The van der Waals surface area contributed by atoms with Gasteiger partial charge in [0.1, 0.15) is 11.5 Å².